The third-order valence-electron chi connectivity index (χ3n) is 2.73. The fourth-order valence-electron chi connectivity index (χ4n) is 2.09. The third kappa shape index (κ3) is 0.764. The van der Waals surface area contributed by atoms with Crippen LogP contribution in [0.2, 0.25) is 0 Å². The fraction of sp³-hybridized carbons (Fsp3) is 1.00. The van der Waals surface area contributed by atoms with E-state index in [2.05, 4.69) is 5.32 Å². The van der Waals surface area contributed by atoms with Gasteiger partial charge < -0.3 is 5.32 Å². The number of hydrogen-bond acceptors (Lipinski definition) is 1. The summed E-state index contributed by atoms with van der Waals surface area (Å²) in [4.78, 5) is 0. The molecule has 10 heavy (non-hydrogen) atoms. The average Bonchev–Trinajstić information content (AvgIpc) is 2.36. The van der Waals surface area contributed by atoms with Crippen molar-refractivity contribution in [2.45, 2.75) is 18.8 Å². The zero-order valence-corrected chi connectivity index (χ0v) is 5.74. The molecule has 0 amide bonds. The molecule has 2 aliphatic rings. The predicted octanol–water partition coefficient (Wildman–Crippen LogP) is 1.25. The molecule has 2 rings (SSSR count). The number of alkyl halides is 2. The van der Waals surface area contributed by atoms with Gasteiger partial charge in [-0.3, -0.25) is 0 Å². The van der Waals surface area contributed by atoms with Crippen molar-refractivity contribution in [1.82, 2.24) is 5.32 Å². The quantitative estimate of drug-likeness (QED) is 0.543. The molecular formula is C7H11F2N. The molecule has 58 valence electrons. The lowest BCUT2D eigenvalue weighted by Gasteiger charge is -2.15. The van der Waals surface area contributed by atoms with Crippen LogP contribution in [0.15, 0.2) is 0 Å². The molecule has 1 nitrogen and oxygen atoms in total. The largest absolute Gasteiger partial charge is 0.316 e. The molecular weight excluding hydrogens is 136 g/mol. The number of rotatable bonds is 0. The number of hydrogen-bond donors (Lipinski definition) is 1. The molecule has 0 aromatic rings. The second-order valence-corrected chi connectivity index (χ2v) is 3.32. The van der Waals surface area contributed by atoms with Gasteiger partial charge in [0, 0.05) is 18.9 Å². The Morgan fingerprint density at radius 2 is 2.10 bits per heavy atom. The Morgan fingerprint density at radius 1 is 1.30 bits per heavy atom. The summed E-state index contributed by atoms with van der Waals surface area (Å²) in [5.74, 6) is -2.46. The molecule has 0 bridgehead atoms. The van der Waals surface area contributed by atoms with Crippen LogP contribution >= 0.6 is 0 Å². The Bertz CT molecular complexity index is 147. The zero-order valence-electron chi connectivity index (χ0n) is 5.74. The SMILES string of the molecule is FC1(F)CC[C@@H]2CNC[C@@H]21. The first-order valence-electron chi connectivity index (χ1n) is 3.79. The van der Waals surface area contributed by atoms with Crippen molar-refractivity contribution in [3.63, 3.8) is 0 Å². The minimum Gasteiger partial charge on any atom is -0.316 e. The molecule has 0 aromatic heterocycles. The van der Waals surface area contributed by atoms with Gasteiger partial charge in [0.15, 0.2) is 0 Å². The summed E-state index contributed by atoms with van der Waals surface area (Å²) in [6.45, 7) is 1.33. The molecule has 3 heteroatoms. The van der Waals surface area contributed by atoms with E-state index < -0.39 is 5.92 Å². The zero-order chi connectivity index (χ0) is 7.19. The van der Waals surface area contributed by atoms with Gasteiger partial charge in [0.2, 0.25) is 0 Å². The van der Waals surface area contributed by atoms with Gasteiger partial charge in [-0.25, -0.2) is 8.78 Å². The fourth-order valence-corrected chi connectivity index (χ4v) is 2.09. The lowest BCUT2D eigenvalue weighted by atomic mass is 9.99. The van der Waals surface area contributed by atoms with Crippen LogP contribution in [0.25, 0.3) is 0 Å². The average molecular weight is 147 g/mol. The Morgan fingerprint density at radius 3 is 2.80 bits per heavy atom. The van der Waals surface area contributed by atoms with Crippen LogP contribution in [0.1, 0.15) is 12.8 Å². The highest BCUT2D eigenvalue weighted by Crippen LogP contribution is 2.45. The maximum absolute atomic E-state index is 12.9. The number of fused-ring (bicyclic) bond motifs is 1. The molecule has 1 saturated carbocycles. The highest BCUT2D eigenvalue weighted by Gasteiger charge is 2.51. The van der Waals surface area contributed by atoms with E-state index in [0.717, 1.165) is 6.54 Å². The number of nitrogens with one attached hydrogen (secondary N) is 1. The van der Waals surface area contributed by atoms with Crippen LogP contribution in [-0.2, 0) is 0 Å². The first-order valence-corrected chi connectivity index (χ1v) is 3.79. The summed E-state index contributed by atoms with van der Waals surface area (Å²) in [6, 6.07) is 0. The summed E-state index contributed by atoms with van der Waals surface area (Å²) >= 11 is 0. The first-order chi connectivity index (χ1) is 4.70. The molecule has 1 N–H and O–H groups in total. The van der Waals surface area contributed by atoms with E-state index in [4.69, 9.17) is 0 Å². The monoisotopic (exact) mass is 147 g/mol. The van der Waals surface area contributed by atoms with Gasteiger partial charge in [0.1, 0.15) is 0 Å². The van der Waals surface area contributed by atoms with Crippen LogP contribution in [0.3, 0.4) is 0 Å². The Labute approximate surface area is 58.8 Å². The van der Waals surface area contributed by atoms with Gasteiger partial charge >= 0.3 is 0 Å². The van der Waals surface area contributed by atoms with Crippen LogP contribution in [0.4, 0.5) is 8.78 Å². The molecule has 1 saturated heterocycles. The standard InChI is InChI=1S/C7H11F2N/c8-7(9)2-1-5-3-10-4-6(5)7/h5-6,10H,1-4H2/t5-,6+/m1/s1. The van der Waals surface area contributed by atoms with Gasteiger partial charge in [-0.1, -0.05) is 0 Å². The number of halogens is 2. The minimum absolute atomic E-state index is 0.115. The Kier molecular flexibility index (Phi) is 1.24. The predicted molar refractivity (Wildman–Crippen MR) is 34.0 cm³/mol. The molecule has 2 fully saturated rings. The van der Waals surface area contributed by atoms with Crippen molar-refractivity contribution in [2.24, 2.45) is 11.8 Å². The van der Waals surface area contributed by atoms with Crippen molar-refractivity contribution in [3.8, 4) is 0 Å². The lowest BCUT2D eigenvalue weighted by molar-refractivity contribution is -0.0358. The second kappa shape index (κ2) is 1.91. The third-order valence-corrected chi connectivity index (χ3v) is 2.73. The highest BCUT2D eigenvalue weighted by molar-refractivity contribution is 4.96. The highest BCUT2D eigenvalue weighted by atomic mass is 19.3. The maximum Gasteiger partial charge on any atom is 0.252 e. The Balaban J connectivity index is 2.16. The summed E-state index contributed by atoms with van der Waals surface area (Å²) in [7, 11) is 0. The van der Waals surface area contributed by atoms with Gasteiger partial charge in [-0.05, 0) is 18.9 Å². The first kappa shape index (κ1) is 6.53. The second-order valence-electron chi connectivity index (χ2n) is 3.32. The van der Waals surface area contributed by atoms with E-state index in [1.165, 1.54) is 0 Å². The normalized spacial score (nSPS) is 43.8. The molecule has 0 unspecified atom stereocenters. The minimum atomic E-state index is -2.37. The van der Waals surface area contributed by atoms with Crippen molar-refractivity contribution in [3.05, 3.63) is 0 Å². The van der Waals surface area contributed by atoms with Crippen molar-refractivity contribution >= 4 is 0 Å². The smallest absolute Gasteiger partial charge is 0.252 e. The van der Waals surface area contributed by atoms with Crippen LogP contribution < -0.4 is 5.32 Å². The Hall–Kier alpha value is -0.180. The summed E-state index contributed by atoms with van der Waals surface area (Å²) in [5.41, 5.74) is 0. The topological polar surface area (TPSA) is 12.0 Å². The van der Waals surface area contributed by atoms with Gasteiger partial charge in [0.25, 0.3) is 5.92 Å². The van der Waals surface area contributed by atoms with Gasteiger partial charge in [-0.15, -0.1) is 0 Å². The molecule has 0 spiro atoms. The van der Waals surface area contributed by atoms with E-state index >= 15 is 0 Å². The van der Waals surface area contributed by atoms with Crippen molar-refractivity contribution < 1.29 is 8.78 Å². The lowest BCUT2D eigenvalue weighted by Crippen LogP contribution is -2.26. The van der Waals surface area contributed by atoms with E-state index in [-0.39, 0.29) is 18.3 Å². The van der Waals surface area contributed by atoms with E-state index in [0.29, 0.717) is 13.0 Å². The molecule has 0 aromatic carbocycles. The summed E-state index contributed by atoms with van der Waals surface area (Å²) < 4.78 is 25.7. The maximum atomic E-state index is 12.9. The van der Waals surface area contributed by atoms with Crippen LogP contribution in [0.5, 0.6) is 0 Å². The molecule has 0 radical (unpaired) electrons. The van der Waals surface area contributed by atoms with Crippen LogP contribution in [0, 0.1) is 11.8 Å². The van der Waals surface area contributed by atoms with Crippen molar-refractivity contribution in [1.29, 1.82) is 0 Å². The van der Waals surface area contributed by atoms with Gasteiger partial charge in [0.05, 0.1) is 0 Å². The van der Waals surface area contributed by atoms with E-state index in [1.807, 2.05) is 0 Å². The molecule has 2 atom stereocenters. The summed E-state index contributed by atoms with van der Waals surface area (Å²) in [5, 5.41) is 3.00. The van der Waals surface area contributed by atoms with Crippen LogP contribution in [-0.4, -0.2) is 19.0 Å². The van der Waals surface area contributed by atoms with Gasteiger partial charge in [-0.2, -0.15) is 0 Å². The molecule has 1 heterocycles. The summed E-state index contributed by atoms with van der Waals surface area (Å²) in [6.07, 6.45) is 0.828. The van der Waals surface area contributed by atoms with E-state index in [1.54, 1.807) is 0 Å². The molecule has 1 aliphatic heterocycles. The van der Waals surface area contributed by atoms with E-state index in [9.17, 15) is 8.78 Å². The van der Waals surface area contributed by atoms with Crippen molar-refractivity contribution in [2.75, 3.05) is 13.1 Å². The molecule has 1 aliphatic carbocycles.